The summed E-state index contributed by atoms with van der Waals surface area (Å²) >= 11 is 0. The van der Waals surface area contributed by atoms with Gasteiger partial charge in [0.05, 0.1) is 11.4 Å². The third-order valence-electron chi connectivity index (χ3n) is 4.22. The second-order valence-corrected chi connectivity index (χ2v) is 5.98. The minimum absolute atomic E-state index is 0.0304. The first-order chi connectivity index (χ1) is 11.0. The Morgan fingerprint density at radius 3 is 2.61 bits per heavy atom. The van der Waals surface area contributed by atoms with Gasteiger partial charge in [0.15, 0.2) is 0 Å². The molecule has 0 radical (unpaired) electrons. The van der Waals surface area contributed by atoms with Crippen molar-refractivity contribution in [1.82, 2.24) is 4.98 Å². The minimum Gasteiger partial charge on any atom is -0.369 e. The highest BCUT2D eigenvalue weighted by atomic mass is 15.3. The number of aryl methyl sites for hydroxylation is 2. The molecular formula is C18H21N5. The molecule has 118 valence electrons. The molecule has 0 spiro atoms. The van der Waals surface area contributed by atoms with Crippen LogP contribution < -0.4 is 11.5 Å². The average molecular weight is 307 g/mol. The Balaban J connectivity index is 2.06. The van der Waals surface area contributed by atoms with Gasteiger partial charge in [0.25, 0.3) is 0 Å². The highest BCUT2D eigenvalue weighted by Crippen LogP contribution is 2.33. The number of guanidine groups is 1. The zero-order valence-electron chi connectivity index (χ0n) is 13.5. The van der Waals surface area contributed by atoms with Gasteiger partial charge in [-0.15, -0.1) is 5.10 Å². The van der Waals surface area contributed by atoms with Gasteiger partial charge in [0.1, 0.15) is 0 Å². The highest BCUT2D eigenvalue weighted by molar-refractivity contribution is 6.03. The minimum atomic E-state index is -0.0304. The molecule has 2 aromatic rings. The standard InChI is InChI=1S/C18H21N5/c1-11-5-3-4-6-14(11)13-9-16-15(8-7-12(2)21-16)17(10-13)22-23-18(19)20/h3-8,13H,9-10H2,1-2H3,(H4,19,20,23)/b22-17-. The van der Waals surface area contributed by atoms with Crippen molar-refractivity contribution in [3.05, 3.63) is 64.5 Å². The van der Waals surface area contributed by atoms with Gasteiger partial charge in [0, 0.05) is 11.3 Å². The van der Waals surface area contributed by atoms with Gasteiger partial charge < -0.3 is 11.5 Å². The molecule has 0 fully saturated rings. The summed E-state index contributed by atoms with van der Waals surface area (Å²) in [7, 11) is 0. The lowest BCUT2D eigenvalue weighted by atomic mass is 9.80. The van der Waals surface area contributed by atoms with E-state index in [0.717, 1.165) is 35.5 Å². The Hall–Kier alpha value is -2.69. The van der Waals surface area contributed by atoms with Gasteiger partial charge in [-0.05, 0) is 55.9 Å². The van der Waals surface area contributed by atoms with Crippen LogP contribution in [0, 0.1) is 13.8 Å². The summed E-state index contributed by atoms with van der Waals surface area (Å²) in [6.45, 7) is 4.14. The van der Waals surface area contributed by atoms with Crippen LogP contribution in [0.2, 0.25) is 0 Å². The van der Waals surface area contributed by atoms with Crippen LogP contribution >= 0.6 is 0 Å². The molecule has 1 aromatic carbocycles. The summed E-state index contributed by atoms with van der Waals surface area (Å²) < 4.78 is 0. The van der Waals surface area contributed by atoms with Crippen molar-refractivity contribution in [1.29, 1.82) is 0 Å². The topological polar surface area (TPSA) is 89.6 Å². The van der Waals surface area contributed by atoms with Crippen molar-refractivity contribution in [3.8, 4) is 0 Å². The van der Waals surface area contributed by atoms with Crippen LogP contribution in [-0.2, 0) is 6.42 Å². The number of rotatable bonds is 2. The maximum atomic E-state index is 5.43. The summed E-state index contributed by atoms with van der Waals surface area (Å²) in [5.41, 5.74) is 17.5. The van der Waals surface area contributed by atoms with Crippen LogP contribution in [0.5, 0.6) is 0 Å². The molecule has 1 aliphatic rings. The maximum absolute atomic E-state index is 5.43. The van der Waals surface area contributed by atoms with E-state index in [2.05, 4.69) is 47.5 Å². The number of hydrogen-bond donors (Lipinski definition) is 2. The quantitative estimate of drug-likeness (QED) is 0.507. The van der Waals surface area contributed by atoms with Crippen molar-refractivity contribution < 1.29 is 0 Å². The lowest BCUT2D eigenvalue weighted by Crippen LogP contribution is -2.24. The first kappa shape index (κ1) is 15.2. The fourth-order valence-electron chi connectivity index (χ4n) is 3.16. The van der Waals surface area contributed by atoms with Crippen LogP contribution in [0.4, 0.5) is 0 Å². The zero-order chi connectivity index (χ0) is 16.4. The molecule has 3 rings (SSSR count). The number of fused-ring (bicyclic) bond motifs is 1. The van der Waals surface area contributed by atoms with E-state index in [1.54, 1.807) is 0 Å². The zero-order valence-corrected chi connectivity index (χ0v) is 13.5. The molecule has 0 saturated carbocycles. The lowest BCUT2D eigenvalue weighted by molar-refractivity contribution is 0.672. The van der Waals surface area contributed by atoms with Gasteiger partial charge in [-0.3, -0.25) is 4.98 Å². The van der Waals surface area contributed by atoms with Gasteiger partial charge >= 0.3 is 0 Å². The Kier molecular flexibility index (Phi) is 4.10. The molecule has 1 unspecified atom stereocenters. The second-order valence-electron chi connectivity index (χ2n) is 5.98. The third-order valence-corrected chi connectivity index (χ3v) is 4.22. The van der Waals surface area contributed by atoms with Crippen LogP contribution in [0.25, 0.3) is 0 Å². The van der Waals surface area contributed by atoms with E-state index in [9.17, 15) is 0 Å². The molecule has 1 aromatic heterocycles. The summed E-state index contributed by atoms with van der Waals surface area (Å²) in [6.07, 6.45) is 1.71. The number of nitrogens with two attached hydrogens (primary N) is 2. The number of benzene rings is 1. The van der Waals surface area contributed by atoms with E-state index in [4.69, 9.17) is 16.5 Å². The Labute approximate surface area is 136 Å². The normalized spacial score (nSPS) is 18.5. The maximum Gasteiger partial charge on any atom is 0.211 e. The number of aromatic nitrogens is 1. The van der Waals surface area contributed by atoms with E-state index >= 15 is 0 Å². The molecule has 0 aliphatic heterocycles. The van der Waals surface area contributed by atoms with Gasteiger partial charge in [-0.2, -0.15) is 5.10 Å². The Bertz CT molecular complexity index is 788. The van der Waals surface area contributed by atoms with Crippen molar-refractivity contribution in [2.75, 3.05) is 0 Å². The second kappa shape index (κ2) is 6.20. The van der Waals surface area contributed by atoms with E-state index in [-0.39, 0.29) is 5.96 Å². The van der Waals surface area contributed by atoms with Gasteiger partial charge in [0.2, 0.25) is 5.96 Å². The van der Waals surface area contributed by atoms with Crippen molar-refractivity contribution >= 4 is 11.7 Å². The lowest BCUT2D eigenvalue weighted by Gasteiger charge is -2.26. The molecule has 5 heteroatoms. The van der Waals surface area contributed by atoms with E-state index < -0.39 is 0 Å². The molecule has 4 N–H and O–H groups in total. The smallest absolute Gasteiger partial charge is 0.211 e. The molecule has 23 heavy (non-hydrogen) atoms. The Morgan fingerprint density at radius 1 is 1.09 bits per heavy atom. The molecular weight excluding hydrogens is 286 g/mol. The molecule has 1 aliphatic carbocycles. The van der Waals surface area contributed by atoms with Crippen LogP contribution in [-0.4, -0.2) is 16.7 Å². The predicted octanol–water partition coefficient (Wildman–Crippen LogP) is 2.41. The number of pyridine rings is 1. The summed E-state index contributed by atoms with van der Waals surface area (Å²) in [5.74, 6) is 0.308. The molecule has 0 amide bonds. The van der Waals surface area contributed by atoms with Crippen molar-refractivity contribution in [2.24, 2.45) is 21.7 Å². The van der Waals surface area contributed by atoms with Crippen molar-refractivity contribution in [3.63, 3.8) is 0 Å². The van der Waals surface area contributed by atoms with E-state index in [1.807, 2.05) is 13.0 Å². The summed E-state index contributed by atoms with van der Waals surface area (Å²) in [5, 5.41) is 8.13. The van der Waals surface area contributed by atoms with Crippen LogP contribution in [0.15, 0.2) is 46.6 Å². The average Bonchev–Trinajstić information content (AvgIpc) is 2.52. The van der Waals surface area contributed by atoms with Crippen LogP contribution in [0.1, 0.15) is 40.4 Å². The predicted molar refractivity (Wildman–Crippen MR) is 93.6 cm³/mol. The fraction of sp³-hybridized carbons (Fsp3) is 0.278. The SMILES string of the molecule is Cc1ccc2c(n1)CC(c1ccccc1C)C/C2=N/N=C(N)N. The fourth-order valence-corrected chi connectivity index (χ4v) is 3.16. The molecule has 5 nitrogen and oxygen atoms in total. The monoisotopic (exact) mass is 307 g/mol. The van der Waals surface area contributed by atoms with Crippen molar-refractivity contribution in [2.45, 2.75) is 32.6 Å². The number of hydrogen-bond acceptors (Lipinski definition) is 3. The van der Waals surface area contributed by atoms with Gasteiger partial charge in [-0.1, -0.05) is 24.3 Å². The van der Waals surface area contributed by atoms with E-state index in [0.29, 0.717) is 5.92 Å². The highest BCUT2D eigenvalue weighted by Gasteiger charge is 2.27. The molecule has 1 atom stereocenters. The van der Waals surface area contributed by atoms with E-state index in [1.165, 1.54) is 11.1 Å². The first-order valence-electron chi connectivity index (χ1n) is 7.72. The summed E-state index contributed by atoms with van der Waals surface area (Å²) in [6, 6.07) is 12.5. The first-order valence-corrected chi connectivity index (χ1v) is 7.72. The summed E-state index contributed by atoms with van der Waals surface area (Å²) in [4.78, 5) is 4.70. The molecule has 0 bridgehead atoms. The van der Waals surface area contributed by atoms with Gasteiger partial charge in [-0.25, -0.2) is 0 Å². The third kappa shape index (κ3) is 3.23. The molecule has 0 saturated heterocycles. The largest absolute Gasteiger partial charge is 0.369 e. The van der Waals surface area contributed by atoms with Crippen LogP contribution in [0.3, 0.4) is 0 Å². The molecule has 1 heterocycles. The number of nitrogens with zero attached hydrogens (tertiary/aromatic N) is 3. The Morgan fingerprint density at radius 2 is 1.87 bits per heavy atom.